The van der Waals surface area contributed by atoms with Crippen molar-refractivity contribution in [3.63, 3.8) is 0 Å². The van der Waals surface area contributed by atoms with Crippen LogP contribution in [0.3, 0.4) is 0 Å². The molecule has 0 aliphatic carbocycles. The lowest BCUT2D eigenvalue weighted by molar-refractivity contribution is -0.156. The van der Waals surface area contributed by atoms with Crippen molar-refractivity contribution >= 4 is 21.9 Å². The van der Waals surface area contributed by atoms with E-state index in [-0.39, 0.29) is 11.5 Å². The Morgan fingerprint density at radius 3 is 2.22 bits per heavy atom. The molecule has 0 spiro atoms. The molecule has 1 unspecified atom stereocenters. The van der Waals surface area contributed by atoms with E-state index in [2.05, 4.69) is 10.0 Å². The van der Waals surface area contributed by atoms with Gasteiger partial charge in [0.1, 0.15) is 11.6 Å². The van der Waals surface area contributed by atoms with Crippen LogP contribution in [0, 0.1) is 6.92 Å². The second-order valence-electron chi connectivity index (χ2n) is 7.37. The van der Waals surface area contributed by atoms with E-state index < -0.39 is 46.0 Å². The summed E-state index contributed by atoms with van der Waals surface area (Å²) in [6, 6.07) is 4.12. The monoisotopic (exact) mass is 400 g/mol. The molecule has 0 radical (unpaired) electrons. The zero-order valence-electron chi connectivity index (χ0n) is 16.3. The molecule has 0 aromatic heterocycles. The van der Waals surface area contributed by atoms with E-state index >= 15 is 0 Å². The molecule has 1 aromatic rings. The number of hydrogen-bond donors (Lipinski definition) is 3. The molecule has 0 aliphatic rings. The third-order valence-corrected chi connectivity index (χ3v) is 4.89. The van der Waals surface area contributed by atoms with Gasteiger partial charge in [-0.2, -0.15) is 4.72 Å². The normalized spacial score (nSPS) is 14.3. The molecule has 1 rings (SSSR count). The average molecular weight is 400 g/mol. The number of esters is 1. The number of sulfonamides is 1. The smallest absolute Gasteiger partial charge is 0.308 e. The first kappa shape index (κ1) is 23.1. The Balaban J connectivity index is 3.03. The van der Waals surface area contributed by atoms with Crippen LogP contribution >= 0.6 is 0 Å². The van der Waals surface area contributed by atoms with Crippen molar-refractivity contribution in [1.29, 1.82) is 0 Å². The van der Waals surface area contributed by atoms with E-state index in [0.717, 1.165) is 5.56 Å². The molecule has 3 N–H and O–H groups in total. The molecule has 2 atom stereocenters. The molecule has 27 heavy (non-hydrogen) atoms. The maximum atomic E-state index is 12.6. The minimum absolute atomic E-state index is 0.0229. The first-order valence-electron chi connectivity index (χ1n) is 8.56. The van der Waals surface area contributed by atoms with Crippen LogP contribution in [-0.4, -0.2) is 49.7 Å². The van der Waals surface area contributed by atoms with Crippen LogP contribution in [0.25, 0.3) is 0 Å². The van der Waals surface area contributed by atoms with Crippen molar-refractivity contribution in [2.75, 3.05) is 6.61 Å². The first-order valence-corrected chi connectivity index (χ1v) is 10.0. The molecule has 0 saturated carbocycles. The van der Waals surface area contributed by atoms with E-state index in [1.807, 2.05) is 6.92 Å². The first-order chi connectivity index (χ1) is 12.3. The molecule has 1 aromatic carbocycles. The Bertz CT molecular complexity index is 753. The standard InChI is InChI=1S/C18H28N2O6S/c1-12-6-8-14(9-7-12)27(24,25)20-15(17(23)19-13(2)11-21)10-16(22)26-18(3,4)5/h6-9,13,15,20-21H,10-11H2,1-5H3,(H,19,23)/t13?,15-/m1/s1. The van der Waals surface area contributed by atoms with Crippen LogP contribution in [-0.2, 0) is 24.3 Å². The number of ether oxygens (including phenoxy) is 1. The minimum Gasteiger partial charge on any atom is -0.460 e. The fourth-order valence-corrected chi connectivity index (χ4v) is 3.29. The molecular formula is C18H28N2O6S. The lowest BCUT2D eigenvalue weighted by Crippen LogP contribution is -2.51. The van der Waals surface area contributed by atoms with Crippen molar-refractivity contribution in [3.8, 4) is 0 Å². The SMILES string of the molecule is Cc1ccc(S(=O)(=O)N[C@H](CC(=O)OC(C)(C)C)C(=O)NC(C)CO)cc1. The predicted molar refractivity (Wildman–Crippen MR) is 100 cm³/mol. The van der Waals surface area contributed by atoms with Crippen LogP contribution in [0.2, 0.25) is 0 Å². The number of carbonyl (C=O) groups excluding carboxylic acids is 2. The molecule has 0 bridgehead atoms. The summed E-state index contributed by atoms with van der Waals surface area (Å²) >= 11 is 0. The van der Waals surface area contributed by atoms with E-state index in [0.29, 0.717) is 0 Å². The Morgan fingerprint density at radius 1 is 1.19 bits per heavy atom. The Kier molecular flexibility index (Phi) is 7.94. The van der Waals surface area contributed by atoms with Crippen LogP contribution in [0.5, 0.6) is 0 Å². The van der Waals surface area contributed by atoms with E-state index in [9.17, 15) is 18.0 Å². The number of nitrogens with one attached hydrogen (secondary N) is 2. The largest absolute Gasteiger partial charge is 0.460 e. The fraction of sp³-hybridized carbons (Fsp3) is 0.556. The molecule has 1 amide bonds. The number of rotatable bonds is 8. The van der Waals surface area contributed by atoms with Gasteiger partial charge in [-0.3, -0.25) is 9.59 Å². The lowest BCUT2D eigenvalue weighted by Gasteiger charge is -2.23. The Morgan fingerprint density at radius 2 is 1.74 bits per heavy atom. The number of carbonyl (C=O) groups is 2. The van der Waals surface area contributed by atoms with Crippen LogP contribution in [0.4, 0.5) is 0 Å². The lowest BCUT2D eigenvalue weighted by atomic mass is 10.1. The molecule has 0 heterocycles. The van der Waals surface area contributed by atoms with E-state index in [4.69, 9.17) is 9.84 Å². The van der Waals surface area contributed by atoms with E-state index in [1.165, 1.54) is 12.1 Å². The average Bonchev–Trinajstić information content (AvgIpc) is 2.52. The summed E-state index contributed by atoms with van der Waals surface area (Å²) < 4.78 is 32.6. The zero-order chi connectivity index (χ0) is 20.8. The van der Waals surface area contributed by atoms with Crippen molar-refractivity contribution in [2.45, 2.75) is 63.6 Å². The number of amides is 1. The van der Waals surface area contributed by atoms with Gasteiger partial charge in [0.2, 0.25) is 15.9 Å². The van der Waals surface area contributed by atoms with Crippen molar-refractivity contribution in [3.05, 3.63) is 29.8 Å². The van der Waals surface area contributed by atoms with Crippen molar-refractivity contribution < 1.29 is 27.9 Å². The van der Waals surface area contributed by atoms with Gasteiger partial charge in [-0.15, -0.1) is 0 Å². The van der Waals surface area contributed by atoms with Crippen molar-refractivity contribution in [1.82, 2.24) is 10.0 Å². The van der Waals surface area contributed by atoms with Gasteiger partial charge in [0, 0.05) is 6.04 Å². The minimum atomic E-state index is -4.03. The highest BCUT2D eigenvalue weighted by Crippen LogP contribution is 2.13. The molecule has 0 aliphatic heterocycles. The van der Waals surface area contributed by atoms with Gasteiger partial charge in [0.25, 0.3) is 0 Å². The summed E-state index contributed by atoms with van der Waals surface area (Å²) in [6.07, 6.45) is -0.480. The molecule has 8 nitrogen and oxygen atoms in total. The summed E-state index contributed by atoms with van der Waals surface area (Å²) in [5.41, 5.74) is 0.112. The second-order valence-corrected chi connectivity index (χ2v) is 9.08. The second kappa shape index (κ2) is 9.29. The van der Waals surface area contributed by atoms with Gasteiger partial charge in [0.05, 0.1) is 17.9 Å². The molecule has 0 saturated heterocycles. The summed E-state index contributed by atoms with van der Waals surface area (Å²) in [6.45, 7) is 8.06. The number of benzene rings is 1. The highest BCUT2D eigenvalue weighted by atomic mass is 32.2. The van der Waals surface area contributed by atoms with Crippen molar-refractivity contribution in [2.24, 2.45) is 0 Å². The quantitative estimate of drug-likeness (QED) is 0.557. The Hall–Kier alpha value is -1.97. The van der Waals surface area contributed by atoms with Gasteiger partial charge < -0.3 is 15.2 Å². The maximum Gasteiger partial charge on any atom is 0.308 e. The van der Waals surface area contributed by atoms with Gasteiger partial charge >= 0.3 is 5.97 Å². The molecular weight excluding hydrogens is 372 g/mol. The third kappa shape index (κ3) is 8.06. The van der Waals surface area contributed by atoms with Gasteiger partial charge in [-0.05, 0) is 46.8 Å². The summed E-state index contributed by atoms with van der Waals surface area (Å²) in [5.74, 6) is -1.44. The van der Waals surface area contributed by atoms with Gasteiger partial charge in [-0.1, -0.05) is 17.7 Å². The fourth-order valence-electron chi connectivity index (χ4n) is 2.10. The Labute approximate surface area is 160 Å². The van der Waals surface area contributed by atoms with E-state index in [1.54, 1.807) is 39.8 Å². The molecule has 0 fully saturated rings. The number of aliphatic hydroxyl groups excluding tert-OH is 1. The van der Waals surface area contributed by atoms with Crippen LogP contribution in [0.15, 0.2) is 29.2 Å². The zero-order valence-corrected chi connectivity index (χ0v) is 17.1. The van der Waals surface area contributed by atoms with Crippen LogP contribution < -0.4 is 10.0 Å². The summed E-state index contributed by atoms with van der Waals surface area (Å²) in [7, 11) is -4.03. The molecule has 9 heteroatoms. The van der Waals surface area contributed by atoms with Gasteiger partial charge in [0.15, 0.2) is 0 Å². The third-order valence-electron chi connectivity index (χ3n) is 3.40. The highest BCUT2D eigenvalue weighted by molar-refractivity contribution is 7.89. The maximum absolute atomic E-state index is 12.6. The van der Waals surface area contributed by atoms with Gasteiger partial charge in [-0.25, -0.2) is 8.42 Å². The number of aliphatic hydroxyl groups is 1. The topological polar surface area (TPSA) is 122 Å². The summed E-state index contributed by atoms with van der Waals surface area (Å²) in [4.78, 5) is 24.5. The molecule has 152 valence electrons. The number of hydrogen-bond acceptors (Lipinski definition) is 6. The van der Waals surface area contributed by atoms with Crippen LogP contribution in [0.1, 0.15) is 39.7 Å². The highest BCUT2D eigenvalue weighted by Gasteiger charge is 2.30. The summed E-state index contributed by atoms with van der Waals surface area (Å²) in [5, 5.41) is 11.5. The number of aryl methyl sites for hydroxylation is 1. The predicted octanol–water partition coefficient (Wildman–Crippen LogP) is 0.871.